The highest BCUT2D eigenvalue weighted by molar-refractivity contribution is 6.36. The Balaban J connectivity index is 1.87. The number of nitrogens with one attached hydrogen (secondary N) is 2. The molecule has 21 heavy (non-hydrogen) atoms. The third-order valence-corrected chi connectivity index (χ3v) is 4.00. The molecule has 0 saturated carbocycles. The van der Waals surface area contributed by atoms with E-state index < -0.39 is 0 Å². The third-order valence-electron chi connectivity index (χ3n) is 3.33. The Kier molecular flexibility index (Phi) is 3.95. The number of hydrogen-bond acceptors (Lipinski definition) is 2. The molecule has 0 radical (unpaired) electrons. The first kappa shape index (κ1) is 14.1. The minimum atomic E-state index is 0.560. The van der Waals surface area contributed by atoms with Crippen LogP contribution in [-0.4, -0.2) is 12.1 Å². The minimum Gasteiger partial charge on any atom is -0.495 e. The summed E-state index contributed by atoms with van der Waals surface area (Å²) < 4.78 is 5.31. The van der Waals surface area contributed by atoms with Crippen molar-refractivity contribution >= 4 is 39.8 Å². The summed E-state index contributed by atoms with van der Waals surface area (Å²) in [6.07, 6.45) is 0. The molecule has 3 rings (SSSR count). The van der Waals surface area contributed by atoms with Crippen molar-refractivity contribution in [2.45, 2.75) is 6.54 Å². The van der Waals surface area contributed by atoms with Crippen LogP contribution < -0.4 is 10.1 Å². The average molecular weight is 321 g/mol. The Labute approximate surface area is 132 Å². The first-order valence-electron chi connectivity index (χ1n) is 6.51. The van der Waals surface area contributed by atoms with E-state index in [1.165, 1.54) is 0 Å². The molecule has 0 aliphatic carbocycles. The number of methoxy groups -OCH3 is 1. The lowest BCUT2D eigenvalue weighted by Gasteiger charge is -2.11. The number of H-pyrrole nitrogens is 1. The Morgan fingerprint density at radius 1 is 1.14 bits per heavy atom. The lowest BCUT2D eigenvalue weighted by atomic mass is 10.2. The first-order chi connectivity index (χ1) is 10.2. The molecule has 0 unspecified atom stereocenters. The Morgan fingerprint density at radius 3 is 2.71 bits per heavy atom. The molecule has 0 saturated heterocycles. The molecule has 3 aromatic rings. The molecule has 1 aromatic heterocycles. The van der Waals surface area contributed by atoms with E-state index in [1.54, 1.807) is 13.2 Å². The summed E-state index contributed by atoms with van der Waals surface area (Å²) in [4.78, 5) is 3.32. The van der Waals surface area contributed by atoms with Gasteiger partial charge in [-0.3, -0.25) is 0 Å². The second kappa shape index (κ2) is 5.88. The van der Waals surface area contributed by atoms with Gasteiger partial charge in [0.05, 0.1) is 30.1 Å². The van der Waals surface area contributed by atoms with E-state index in [4.69, 9.17) is 27.9 Å². The summed E-state index contributed by atoms with van der Waals surface area (Å²) in [5, 5.41) is 5.71. The number of hydrogen-bond donors (Lipinski definition) is 2. The number of anilines is 1. The van der Waals surface area contributed by atoms with E-state index in [2.05, 4.69) is 10.3 Å². The molecule has 0 atom stereocenters. The van der Waals surface area contributed by atoms with Crippen LogP contribution >= 0.6 is 23.2 Å². The highest BCUT2D eigenvalue weighted by Crippen LogP contribution is 2.31. The Bertz CT molecular complexity index is 783. The van der Waals surface area contributed by atoms with Gasteiger partial charge in [-0.1, -0.05) is 41.4 Å². The SMILES string of the molecule is COc1ccc(Cl)cc1NCc1[nH]c2ccccc2c1Cl. The molecular formula is C16H14Cl2N2O. The number of para-hydroxylation sites is 1. The number of fused-ring (bicyclic) bond motifs is 1. The monoisotopic (exact) mass is 320 g/mol. The molecule has 0 amide bonds. The molecule has 0 aliphatic rings. The van der Waals surface area contributed by atoms with Gasteiger partial charge in [-0.25, -0.2) is 0 Å². The Hall–Kier alpha value is -1.84. The molecule has 5 heteroatoms. The predicted molar refractivity (Wildman–Crippen MR) is 88.6 cm³/mol. The number of benzene rings is 2. The number of rotatable bonds is 4. The van der Waals surface area contributed by atoms with E-state index in [-0.39, 0.29) is 0 Å². The van der Waals surface area contributed by atoms with Crippen LogP contribution in [0.4, 0.5) is 5.69 Å². The second-order valence-corrected chi connectivity index (χ2v) is 5.48. The molecule has 2 aromatic carbocycles. The smallest absolute Gasteiger partial charge is 0.142 e. The number of ether oxygens (including phenoxy) is 1. The van der Waals surface area contributed by atoms with Gasteiger partial charge in [0.15, 0.2) is 0 Å². The van der Waals surface area contributed by atoms with E-state index in [0.29, 0.717) is 11.6 Å². The van der Waals surface area contributed by atoms with Gasteiger partial charge in [0.2, 0.25) is 0 Å². The van der Waals surface area contributed by atoms with Gasteiger partial charge in [0, 0.05) is 15.9 Å². The predicted octanol–water partition coefficient (Wildman–Crippen LogP) is 5.10. The average Bonchev–Trinajstić information content (AvgIpc) is 2.82. The van der Waals surface area contributed by atoms with Gasteiger partial charge in [-0.05, 0) is 24.3 Å². The maximum Gasteiger partial charge on any atom is 0.142 e. The van der Waals surface area contributed by atoms with Crippen molar-refractivity contribution in [3.63, 3.8) is 0 Å². The van der Waals surface area contributed by atoms with Crippen molar-refractivity contribution in [2.75, 3.05) is 12.4 Å². The van der Waals surface area contributed by atoms with Crippen LogP contribution in [0.25, 0.3) is 10.9 Å². The van der Waals surface area contributed by atoms with Crippen molar-refractivity contribution in [1.82, 2.24) is 4.98 Å². The standard InChI is InChI=1S/C16H14Cl2N2O/c1-21-15-7-6-10(17)8-13(15)19-9-14-16(18)11-4-2-3-5-12(11)20-14/h2-8,19-20H,9H2,1H3. The highest BCUT2D eigenvalue weighted by Gasteiger charge is 2.10. The quantitative estimate of drug-likeness (QED) is 0.702. The van der Waals surface area contributed by atoms with E-state index in [0.717, 1.165) is 33.1 Å². The number of aromatic nitrogens is 1. The zero-order valence-corrected chi connectivity index (χ0v) is 12.9. The molecule has 0 bridgehead atoms. The summed E-state index contributed by atoms with van der Waals surface area (Å²) in [6.45, 7) is 0.560. The largest absolute Gasteiger partial charge is 0.495 e. The summed E-state index contributed by atoms with van der Waals surface area (Å²) >= 11 is 12.4. The van der Waals surface area contributed by atoms with Crippen molar-refractivity contribution in [3.8, 4) is 5.75 Å². The van der Waals surface area contributed by atoms with Gasteiger partial charge in [0.25, 0.3) is 0 Å². The van der Waals surface area contributed by atoms with Crippen molar-refractivity contribution in [3.05, 3.63) is 58.2 Å². The molecular weight excluding hydrogens is 307 g/mol. The molecule has 1 heterocycles. The lowest BCUT2D eigenvalue weighted by Crippen LogP contribution is -2.02. The fourth-order valence-electron chi connectivity index (χ4n) is 2.29. The fourth-order valence-corrected chi connectivity index (χ4v) is 2.74. The van der Waals surface area contributed by atoms with Crippen LogP contribution in [0, 0.1) is 0 Å². The molecule has 3 nitrogen and oxygen atoms in total. The Morgan fingerprint density at radius 2 is 1.95 bits per heavy atom. The summed E-state index contributed by atoms with van der Waals surface area (Å²) in [7, 11) is 1.63. The summed E-state index contributed by atoms with van der Waals surface area (Å²) in [5.41, 5.74) is 2.79. The van der Waals surface area contributed by atoms with Crippen LogP contribution in [0.1, 0.15) is 5.69 Å². The molecule has 0 fully saturated rings. The summed E-state index contributed by atoms with van der Waals surface area (Å²) in [6, 6.07) is 13.4. The summed E-state index contributed by atoms with van der Waals surface area (Å²) in [5.74, 6) is 0.742. The maximum atomic E-state index is 6.40. The van der Waals surface area contributed by atoms with Crippen molar-refractivity contribution in [2.24, 2.45) is 0 Å². The molecule has 0 aliphatic heterocycles. The van der Waals surface area contributed by atoms with E-state index >= 15 is 0 Å². The van der Waals surface area contributed by atoms with Crippen molar-refractivity contribution < 1.29 is 4.74 Å². The zero-order valence-electron chi connectivity index (χ0n) is 11.4. The zero-order chi connectivity index (χ0) is 14.8. The fraction of sp³-hybridized carbons (Fsp3) is 0.125. The topological polar surface area (TPSA) is 37.0 Å². The molecule has 2 N–H and O–H groups in total. The number of halogens is 2. The van der Waals surface area contributed by atoms with E-state index in [1.807, 2.05) is 36.4 Å². The normalized spacial score (nSPS) is 10.8. The van der Waals surface area contributed by atoms with Crippen LogP contribution in [0.2, 0.25) is 10.0 Å². The maximum absolute atomic E-state index is 6.40. The second-order valence-electron chi connectivity index (χ2n) is 4.66. The minimum absolute atomic E-state index is 0.560. The lowest BCUT2D eigenvalue weighted by molar-refractivity contribution is 0.416. The van der Waals surface area contributed by atoms with Gasteiger partial charge in [-0.2, -0.15) is 0 Å². The van der Waals surface area contributed by atoms with Crippen molar-refractivity contribution in [1.29, 1.82) is 0 Å². The van der Waals surface area contributed by atoms with Gasteiger partial charge < -0.3 is 15.0 Å². The van der Waals surface area contributed by atoms with Crippen LogP contribution in [0.15, 0.2) is 42.5 Å². The molecule has 108 valence electrons. The van der Waals surface area contributed by atoms with Gasteiger partial charge >= 0.3 is 0 Å². The molecule has 0 spiro atoms. The number of aromatic amines is 1. The third kappa shape index (κ3) is 2.80. The van der Waals surface area contributed by atoms with Crippen LogP contribution in [0.3, 0.4) is 0 Å². The van der Waals surface area contributed by atoms with Crippen LogP contribution in [0.5, 0.6) is 5.75 Å². The van der Waals surface area contributed by atoms with Gasteiger partial charge in [0.1, 0.15) is 5.75 Å². The van der Waals surface area contributed by atoms with Crippen LogP contribution in [-0.2, 0) is 6.54 Å². The van der Waals surface area contributed by atoms with E-state index in [9.17, 15) is 0 Å². The van der Waals surface area contributed by atoms with Gasteiger partial charge in [-0.15, -0.1) is 0 Å². The highest BCUT2D eigenvalue weighted by atomic mass is 35.5. The first-order valence-corrected chi connectivity index (χ1v) is 7.27.